The average molecular weight is 262 g/mol. The van der Waals surface area contributed by atoms with E-state index in [2.05, 4.69) is 6.07 Å². The molecule has 1 unspecified atom stereocenters. The van der Waals surface area contributed by atoms with Crippen LogP contribution in [0.15, 0.2) is 24.3 Å². The van der Waals surface area contributed by atoms with Gasteiger partial charge in [0.1, 0.15) is 11.5 Å². The molecule has 2 aliphatic rings. The Morgan fingerprint density at radius 2 is 1.89 bits per heavy atom. The fourth-order valence-corrected chi connectivity index (χ4v) is 2.70. The highest BCUT2D eigenvalue weighted by atomic mass is 16.7. The van der Waals surface area contributed by atoms with Gasteiger partial charge < -0.3 is 14.2 Å². The lowest BCUT2D eigenvalue weighted by molar-refractivity contribution is -0.127. The Morgan fingerprint density at radius 1 is 1.11 bits per heavy atom. The van der Waals surface area contributed by atoms with Gasteiger partial charge in [-0.1, -0.05) is 18.2 Å². The summed E-state index contributed by atoms with van der Waals surface area (Å²) in [5.74, 6) is 1.38. The molecule has 1 aromatic carbocycles. The number of carbonyl (C=O) groups excluding carboxylic acids is 1. The van der Waals surface area contributed by atoms with Crippen LogP contribution in [0.3, 0.4) is 0 Å². The third kappa shape index (κ3) is 2.96. The summed E-state index contributed by atoms with van der Waals surface area (Å²) < 4.78 is 16.2. The molecule has 0 N–H and O–H groups in total. The van der Waals surface area contributed by atoms with Gasteiger partial charge in [-0.05, 0) is 24.0 Å². The molecule has 19 heavy (non-hydrogen) atoms. The molecule has 3 rings (SSSR count). The van der Waals surface area contributed by atoms with Crippen LogP contribution in [0.5, 0.6) is 5.75 Å². The van der Waals surface area contributed by atoms with Crippen molar-refractivity contribution in [3.63, 3.8) is 0 Å². The molecule has 0 radical (unpaired) electrons. The maximum atomic E-state index is 12.1. The fraction of sp³-hybridized carbons (Fsp3) is 0.533. The number of carbonyl (C=O) groups is 1. The molecule has 4 heteroatoms. The summed E-state index contributed by atoms with van der Waals surface area (Å²) >= 11 is 0. The molecule has 0 spiro atoms. The highest BCUT2D eigenvalue weighted by Crippen LogP contribution is 2.35. The SMILES string of the molecule is O=C(CC1OCCO1)CC1CCOc2ccccc21. The molecule has 0 aromatic heterocycles. The summed E-state index contributed by atoms with van der Waals surface area (Å²) in [5, 5.41) is 0. The highest BCUT2D eigenvalue weighted by molar-refractivity contribution is 5.79. The average Bonchev–Trinajstić information content (AvgIpc) is 2.92. The van der Waals surface area contributed by atoms with Crippen molar-refractivity contribution in [2.45, 2.75) is 31.5 Å². The van der Waals surface area contributed by atoms with Crippen LogP contribution in [0, 0.1) is 0 Å². The molecule has 0 aliphatic carbocycles. The Morgan fingerprint density at radius 3 is 2.74 bits per heavy atom. The van der Waals surface area contributed by atoms with E-state index in [1.165, 1.54) is 0 Å². The summed E-state index contributed by atoms with van der Waals surface area (Å²) in [7, 11) is 0. The topological polar surface area (TPSA) is 44.8 Å². The van der Waals surface area contributed by atoms with E-state index in [1.807, 2.05) is 18.2 Å². The standard InChI is InChI=1S/C15H18O4/c16-12(10-15-18-7-8-19-15)9-11-5-6-17-14-4-2-1-3-13(11)14/h1-4,11,15H,5-10H2. The first-order valence-electron chi connectivity index (χ1n) is 6.79. The van der Waals surface area contributed by atoms with E-state index in [9.17, 15) is 4.79 Å². The van der Waals surface area contributed by atoms with Crippen LogP contribution >= 0.6 is 0 Å². The van der Waals surface area contributed by atoms with Crippen LogP contribution < -0.4 is 4.74 Å². The number of hydrogen-bond donors (Lipinski definition) is 0. The molecular formula is C15H18O4. The monoisotopic (exact) mass is 262 g/mol. The number of para-hydroxylation sites is 1. The lowest BCUT2D eigenvalue weighted by atomic mass is 9.88. The molecule has 102 valence electrons. The molecule has 0 amide bonds. The van der Waals surface area contributed by atoms with E-state index in [0.29, 0.717) is 32.7 Å². The first kappa shape index (κ1) is 12.6. The van der Waals surface area contributed by atoms with Gasteiger partial charge in [0.25, 0.3) is 0 Å². The van der Waals surface area contributed by atoms with E-state index >= 15 is 0 Å². The maximum Gasteiger partial charge on any atom is 0.164 e. The third-order valence-corrected chi connectivity index (χ3v) is 3.64. The number of Topliss-reactive ketones (excluding diaryl/α,β-unsaturated/α-hetero) is 1. The lowest BCUT2D eigenvalue weighted by Gasteiger charge is -2.25. The van der Waals surface area contributed by atoms with Gasteiger partial charge in [0.05, 0.1) is 26.2 Å². The van der Waals surface area contributed by atoms with Crippen molar-refractivity contribution in [3.8, 4) is 5.75 Å². The van der Waals surface area contributed by atoms with E-state index in [0.717, 1.165) is 17.7 Å². The molecule has 1 aromatic rings. The first-order valence-corrected chi connectivity index (χ1v) is 6.79. The largest absolute Gasteiger partial charge is 0.493 e. The van der Waals surface area contributed by atoms with Crippen LogP contribution in [-0.2, 0) is 14.3 Å². The Bertz CT molecular complexity index is 451. The van der Waals surface area contributed by atoms with E-state index in [-0.39, 0.29) is 18.0 Å². The van der Waals surface area contributed by atoms with Crippen LogP contribution in [0.2, 0.25) is 0 Å². The third-order valence-electron chi connectivity index (χ3n) is 3.64. The molecule has 1 fully saturated rings. The van der Waals surface area contributed by atoms with Crippen molar-refractivity contribution in [2.24, 2.45) is 0 Å². The van der Waals surface area contributed by atoms with Crippen LogP contribution in [-0.4, -0.2) is 31.9 Å². The molecule has 4 nitrogen and oxygen atoms in total. The van der Waals surface area contributed by atoms with Gasteiger partial charge in [-0.2, -0.15) is 0 Å². The van der Waals surface area contributed by atoms with Crippen molar-refractivity contribution in [3.05, 3.63) is 29.8 Å². The normalized spacial score (nSPS) is 22.8. The quantitative estimate of drug-likeness (QED) is 0.835. The molecule has 1 atom stereocenters. The van der Waals surface area contributed by atoms with Crippen molar-refractivity contribution in [1.82, 2.24) is 0 Å². The van der Waals surface area contributed by atoms with E-state index in [1.54, 1.807) is 0 Å². The van der Waals surface area contributed by atoms with Crippen molar-refractivity contribution < 1.29 is 19.0 Å². The zero-order chi connectivity index (χ0) is 13.1. The first-order chi connectivity index (χ1) is 9.33. The highest BCUT2D eigenvalue weighted by Gasteiger charge is 2.26. The van der Waals surface area contributed by atoms with Gasteiger partial charge in [-0.15, -0.1) is 0 Å². The number of ether oxygens (including phenoxy) is 3. The summed E-state index contributed by atoms with van der Waals surface area (Å²) in [6, 6.07) is 7.97. The van der Waals surface area contributed by atoms with Gasteiger partial charge >= 0.3 is 0 Å². The van der Waals surface area contributed by atoms with E-state index < -0.39 is 0 Å². The molecule has 0 bridgehead atoms. The summed E-state index contributed by atoms with van der Waals surface area (Å²) in [6.07, 6.45) is 1.47. The summed E-state index contributed by atoms with van der Waals surface area (Å²) in [6.45, 7) is 1.88. The molecular weight excluding hydrogens is 244 g/mol. The van der Waals surface area contributed by atoms with Gasteiger partial charge in [-0.25, -0.2) is 0 Å². The van der Waals surface area contributed by atoms with Crippen LogP contribution in [0.1, 0.15) is 30.7 Å². The number of hydrogen-bond acceptors (Lipinski definition) is 4. The number of ketones is 1. The Kier molecular flexibility index (Phi) is 3.80. The summed E-state index contributed by atoms with van der Waals surface area (Å²) in [5.41, 5.74) is 1.15. The Balaban J connectivity index is 1.62. The van der Waals surface area contributed by atoms with Crippen molar-refractivity contribution in [2.75, 3.05) is 19.8 Å². The van der Waals surface area contributed by atoms with Gasteiger partial charge in [0.15, 0.2) is 6.29 Å². The second-order valence-corrected chi connectivity index (χ2v) is 4.99. The molecule has 1 saturated heterocycles. The van der Waals surface area contributed by atoms with Gasteiger partial charge in [0, 0.05) is 6.42 Å². The summed E-state index contributed by atoms with van der Waals surface area (Å²) in [4.78, 5) is 12.1. The number of fused-ring (bicyclic) bond motifs is 1. The zero-order valence-corrected chi connectivity index (χ0v) is 10.8. The molecule has 2 heterocycles. The Hall–Kier alpha value is -1.39. The molecule has 0 saturated carbocycles. The maximum absolute atomic E-state index is 12.1. The minimum atomic E-state index is -0.331. The van der Waals surface area contributed by atoms with Crippen LogP contribution in [0.4, 0.5) is 0 Å². The number of rotatable bonds is 4. The number of benzene rings is 1. The van der Waals surface area contributed by atoms with Crippen molar-refractivity contribution in [1.29, 1.82) is 0 Å². The lowest BCUT2D eigenvalue weighted by Crippen LogP contribution is -2.20. The van der Waals surface area contributed by atoms with Crippen molar-refractivity contribution >= 4 is 5.78 Å². The molecule has 2 aliphatic heterocycles. The zero-order valence-electron chi connectivity index (χ0n) is 10.8. The minimum absolute atomic E-state index is 0.202. The predicted octanol–water partition coefficient (Wildman–Crippen LogP) is 2.27. The van der Waals surface area contributed by atoms with Crippen LogP contribution in [0.25, 0.3) is 0 Å². The smallest absolute Gasteiger partial charge is 0.164 e. The second-order valence-electron chi connectivity index (χ2n) is 4.99. The fourth-order valence-electron chi connectivity index (χ4n) is 2.70. The van der Waals surface area contributed by atoms with Gasteiger partial charge in [-0.3, -0.25) is 4.79 Å². The second kappa shape index (κ2) is 5.72. The predicted molar refractivity (Wildman–Crippen MR) is 69.2 cm³/mol. The van der Waals surface area contributed by atoms with Gasteiger partial charge in [0.2, 0.25) is 0 Å². The Labute approximate surface area is 112 Å². The van der Waals surface area contributed by atoms with E-state index in [4.69, 9.17) is 14.2 Å². The minimum Gasteiger partial charge on any atom is -0.493 e.